The Bertz CT molecular complexity index is 2140. The zero-order valence-electron chi connectivity index (χ0n) is 69.9. The average Bonchev–Trinajstić information content (AvgIpc) is 0.906. The van der Waals surface area contributed by atoms with E-state index in [2.05, 4.69) is 65.8 Å². The molecule has 0 aliphatic carbocycles. The van der Waals surface area contributed by atoms with Gasteiger partial charge in [0.1, 0.15) is 19.3 Å². The van der Waals surface area contributed by atoms with E-state index in [-0.39, 0.29) is 25.7 Å². The minimum atomic E-state index is -4.97. The maximum atomic E-state index is 13.2. The molecule has 0 heterocycles. The van der Waals surface area contributed by atoms with Gasteiger partial charge in [-0.2, -0.15) is 0 Å². The van der Waals surface area contributed by atoms with E-state index in [1.54, 1.807) is 0 Å². The fourth-order valence-corrected chi connectivity index (χ4v) is 14.8. The molecule has 6 atom stereocenters. The predicted molar refractivity (Wildman–Crippen MR) is 441 cm³/mol. The SMILES string of the molecule is CCCCCC/C=C\C=C/CCCCCCCC(=O)O[C@H](COC(=O)CCCCCCCCCC(C)C)COP(=O)(O)OC[C@H](O)COP(=O)(O)OC[C@@H](COC(=O)CCCCCCCCCCCCCCCCCCCCCC)OC(=O)CCCCCCCCCCCCCCCCCCCCC(C)CC. The van der Waals surface area contributed by atoms with Crippen molar-refractivity contribution in [3.63, 3.8) is 0 Å². The Morgan fingerprint density at radius 1 is 0.308 bits per heavy atom. The van der Waals surface area contributed by atoms with E-state index in [4.69, 9.17) is 37.0 Å². The number of allylic oxidation sites excluding steroid dienone is 4. The highest BCUT2D eigenvalue weighted by molar-refractivity contribution is 7.47. The molecule has 0 amide bonds. The Balaban J connectivity index is 5.24. The fourth-order valence-electron chi connectivity index (χ4n) is 13.2. The van der Waals surface area contributed by atoms with E-state index in [9.17, 15) is 43.2 Å². The second-order valence-electron chi connectivity index (χ2n) is 31.7. The van der Waals surface area contributed by atoms with Crippen LogP contribution in [-0.2, 0) is 65.4 Å². The molecule has 0 aromatic carbocycles. The van der Waals surface area contributed by atoms with Crippen molar-refractivity contribution in [3.8, 4) is 0 Å². The van der Waals surface area contributed by atoms with E-state index in [0.717, 1.165) is 115 Å². The molecule has 0 radical (unpaired) electrons. The van der Waals surface area contributed by atoms with Crippen LogP contribution >= 0.6 is 15.6 Å². The Morgan fingerprint density at radius 2 is 0.551 bits per heavy atom. The van der Waals surface area contributed by atoms with Crippen molar-refractivity contribution in [1.82, 2.24) is 0 Å². The molecule has 0 aromatic heterocycles. The lowest BCUT2D eigenvalue weighted by molar-refractivity contribution is -0.161. The van der Waals surface area contributed by atoms with Gasteiger partial charge in [0.2, 0.25) is 0 Å². The number of ether oxygens (including phenoxy) is 4. The molecule has 0 aliphatic heterocycles. The van der Waals surface area contributed by atoms with Gasteiger partial charge in [0.25, 0.3) is 0 Å². The summed E-state index contributed by atoms with van der Waals surface area (Å²) in [6.07, 6.45) is 74.6. The summed E-state index contributed by atoms with van der Waals surface area (Å²) in [6, 6.07) is 0. The third-order valence-electron chi connectivity index (χ3n) is 20.4. The Hall–Kier alpha value is -2.46. The maximum absolute atomic E-state index is 13.2. The molecule has 0 rings (SSSR count). The molecule has 0 saturated carbocycles. The first-order chi connectivity index (χ1) is 51.9. The lowest BCUT2D eigenvalue weighted by atomic mass is 9.99. The largest absolute Gasteiger partial charge is 0.472 e. The summed E-state index contributed by atoms with van der Waals surface area (Å²) in [6.45, 7) is 9.62. The smallest absolute Gasteiger partial charge is 0.462 e. The zero-order chi connectivity index (χ0) is 78.5. The van der Waals surface area contributed by atoms with Crippen LogP contribution in [0.4, 0.5) is 0 Å². The van der Waals surface area contributed by atoms with Crippen LogP contribution in [0.2, 0.25) is 0 Å². The van der Waals surface area contributed by atoms with Gasteiger partial charge in [0, 0.05) is 25.7 Å². The number of aliphatic hydroxyl groups excluding tert-OH is 1. The molecule has 0 spiro atoms. The van der Waals surface area contributed by atoms with E-state index >= 15 is 0 Å². The maximum Gasteiger partial charge on any atom is 0.472 e. The second-order valence-corrected chi connectivity index (χ2v) is 34.6. The molecule has 19 heteroatoms. The number of rotatable bonds is 85. The molecule has 107 heavy (non-hydrogen) atoms. The van der Waals surface area contributed by atoms with Gasteiger partial charge in [-0.05, 0) is 63.2 Å². The normalized spacial score (nSPS) is 14.2. The number of hydrogen-bond acceptors (Lipinski definition) is 15. The zero-order valence-corrected chi connectivity index (χ0v) is 71.7. The predicted octanol–water partition coefficient (Wildman–Crippen LogP) is 26.6. The standard InChI is InChI=1S/C88H168O17P2/c1-7-10-12-14-16-18-20-22-24-25-26-27-31-35-38-42-46-52-58-64-70-85(90)98-76-83(104-87(92)73-67-61-54-48-44-40-36-32-29-28-30-34-37-41-45-51-57-63-69-81(6)9-3)78-102-106(94,95)100-74-82(89)75-101-107(96,97)103-79-84(77-99-86(91)71-65-59-55-49-50-56-62-68-80(4)5)105-88(93)72-66-60-53-47-43-39-33-23-21-19-17-15-13-11-8-2/h19,21,23,33,80-84,89H,7-18,20,22,24-32,34-79H2,1-6H3,(H,94,95)(H,96,97)/b21-19-,33-23-/t81?,82-,83-,84-/m1/s1. The van der Waals surface area contributed by atoms with Gasteiger partial charge in [-0.15, -0.1) is 0 Å². The van der Waals surface area contributed by atoms with Crippen LogP contribution in [-0.4, -0.2) is 96.7 Å². The Kier molecular flexibility index (Phi) is 77.0. The fraction of sp³-hybridized carbons (Fsp3) is 0.909. The number of hydrogen-bond donors (Lipinski definition) is 3. The van der Waals surface area contributed by atoms with Crippen LogP contribution in [0.25, 0.3) is 0 Å². The number of esters is 4. The lowest BCUT2D eigenvalue weighted by Crippen LogP contribution is -2.30. The molecule has 0 bridgehead atoms. The number of unbranched alkanes of at least 4 members (excludes halogenated alkanes) is 51. The van der Waals surface area contributed by atoms with Crippen molar-refractivity contribution >= 4 is 39.5 Å². The van der Waals surface area contributed by atoms with Gasteiger partial charge in [0.05, 0.1) is 26.4 Å². The van der Waals surface area contributed by atoms with Gasteiger partial charge < -0.3 is 33.8 Å². The Labute approximate surface area is 656 Å². The number of phosphoric acid groups is 2. The highest BCUT2D eigenvalue weighted by Crippen LogP contribution is 2.45. The lowest BCUT2D eigenvalue weighted by Gasteiger charge is -2.21. The summed E-state index contributed by atoms with van der Waals surface area (Å²) in [5.41, 5.74) is 0. The van der Waals surface area contributed by atoms with Gasteiger partial charge in [-0.1, -0.05) is 393 Å². The third-order valence-corrected chi connectivity index (χ3v) is 22.3. The topological polar surface area (TPSA) is 237 Å². The molecule has 0 saturated heterocycles. The molecule has 0 fully saturated rings. The molecule has 0 aromatic rings. The van der Waals surface area contributed by atoms with Gasteiger partial charge >= 0.3 is 39.5 Å². The minimum absolute atomic E-state index is 0.0846. The van der Waals surface area contributed by atoms with Crippen LogP contribution in [0.5, 0.6) is 0 Å². The highest BCUT2D eigenvalue weighted by Gasteiger charge is 2.30. The van der Waals surface area contributed by atoms with E-state index in [1.807, 2.05) is 0 Å². The average molecular weight is 1560 g/mol. The number of aliphatic hydroxyl groups is 1. The summed E-state index contributed by atoms with van der Waals surface area (Å²) in [4.78, 5) is 73.2. The van der Waals surface area contributed by atoms with E-state index < -0.39 is 97.5 Å². The number of carbonyl (C=O) groups is 4. The second kappa shape index (κ2) is 78.8. The van der Waals surface area contributed by atoms with Crippen LogP contribution in [0.15, 0.2) is 24.3 Å². The van der Waals surface area contributed by atoms with Crippen molar-refractivity contribution in [2.45, 2.75) is 464 Å². The van der Waals surface area contributed by atoms with Crippen molar-refractivity contribution in [2.75, 3.05) is 39.6 Å². The van der Waals surface area contributed by atoms with Gasteiger partial charge in [0.15, 0.2) is 12.2 Å². The quantitative estimate of drug-likeness (QED) is 0.0169. The van der Waals surface area contributed by atoms with Gasteiger partial charge in [-0.3, -0.25) is 37.3 Å². The summed E-state index contributed by atoms with van der Waals surface area (Å²) >= 11 is 0. The first-order valence-corrected chi connectivity index (χ1v) is 47.8. The summed E-state index contributed by atoms with van der Waals surface area (Å²) in [7, 11) is -9.94. The van der Waals surface area contributed by atoms with Crippen LogP contribution in [0, 0.1) is 11.8 Å². The summed E-state index contributed by atoms with van der Waals surface area (Å²) in [5.74, 6) is -0.561. The van der Waals surface area contributed by atoms with Crippen LogP contribution < -0.4 is 0 Å². The first kappa shape index (κ1) is 105. The number of phosphoric ester groups is 2. The van der Waals surface area contributed by atoms with Crippen LogP contribution in [0.1, 0.15) is 446 Å². The molecule has 17 nitrogen and oxygen atoms in total. The molecule has 3 N–H and O–H groups in total. The van der Waals surface area contributed by atoms with Crippen molar-refractivity contribution in [1.29, 1.82) is 0 Å². The Morgan fingerprint density at radius 3 is 0.841 bits per heavy atom. The molecule has 632 valence electrons. The summed E-state index contributed by atoms with van der Waals surface area (Å²) in [5, 5.41) is 10.7. The van der Waals surface area contributed by atoms with E-state index in [1.165, 1.54) is 244 Å². The first-order valence-electron chi connectivity index (χ1n) is 44.8. The van der Waals surface area contributed by atoms with Crippen molar-refractivity contribution in [2.24, 2.45) is 11.8 Å². The van der Waals surface area contributed by atoms with Gasteiger partial charge in [-0.25, -0.2) is 9.13 Å². The minimum Gasteiger partial charge on any atom is -0.462 e. The molecule has 3 unspecified atom stereocenters. The molecular formula is C88H168O17P2. The van der Waals surface area contributed by atoms with Crippen molar-refractivity contribution in [3.05, 3.63) is 24.3 Å². The molecule has 0 aliphatic rings. The monoisotopic (exact) mass is 1560 g/mol. The van der Waals surface area contributed by atoms with Crippen LogP contribution in [0.3, 0.4) is 0 Å². The molecular weight excluding hydrogens is 1390 g/mol. The third kappa shape index (κ3) is 80.0. The highest BCUT2D eigenvalue weighted by atomic mass is 31.2. The van der Waals surface area contributed by atoms with Crippen molar-refractivity contribution < 1.29 is 80.2 Å². The number of carbonyl (C=O) groups excluding carboxylic acids is 4. The van der Waals surface area contributed by atoms with E-state index in [0.29, 0.717) is 31.6 Å². The summed E-state index contributed by atoms with van der Waals surface area (Å²) < 4.78 is 68.9.